The van der Waals surface area contributed by atoms with E-state index in [9.17, 15) is 15.0 Å². The summed E-state index contributed by atoms with van der Waals surface area (Å²) in [5.74, 6) is 3.75. The number of ketones is 1. The Morgan fingerprint density at radius 3 is 2.43 bits per heavy atom. The monoisotopic (exact) mass is 417 g/mol. The molecule has 4 aliphatic carbocycles. The van der Waals surface area contributed by atoms with Crippen LogP contribution in [0.1, 0.15) is 105 Å². The summed E-state index contributed by atoms with van der Waals surface area (Å²) in [6.07, 6.45) is 10.1. The zero-order valence-electron chi connectivity index (χ0n) is 20.1. The molecule has 1 N–H and O–H groups in total. The third-order valence-electron chi connectivity index (χ3n) is 10.8. The molecule has 0 unspecified atom stereocenters. The van der Waals surface area contributed by atoms with Crippen LogP contribution in [-0.4, -0.2) is 22.6 Å². The van der Waals surface area contributed by atoms with Gasteiger partial charge in [-0.2, -0.15) is 0 Å². The van der Waals surface area contributed by atoms with E-state index >= 15 is 0 Å². The fraction of sp³-hybridized carbons (Fsp3) is 0.963. The topological polar surface area (TPSA) is 57.2 Å². The molecule has 0 heterocycles. The molecule has 1 radical (unpaired) electrons. The van der Waals surface area contributed by atoms with Crippen molar-refractivity contribution in [2.45, 2.75) is 117 Å². The number of carbonyl (C=O) groups excluding carboxylic acids is 1. The van der Waals surface area contributed by atoms with Gasteiger partial charge in [0.1, 0.15) is 5.60 Å². The summed E-state index contributed by atoms with van der Waals surface area (Å²) in [7, 11) is 0. The van der Waals surface area contributed by atoms with Crippen molar-refractivity contribution in [2.24, 2.45) is 46.3 Å². The van der Waals surface area contributed by atoms with Gasteiger partial charge in [-0.1, -0.05) is 53.9 Å². The smallest absolute Gasteiger partial charge is 0.165 e. The zero-order valence-corrected chi connectivity index (χ0v) is 20.1. The number of Topliss-reactive ketones (excluding diaryl/α,β-unsaturated/α-hetero) is 1. The summed E-state index contributed by atoms with van der Waals surface area (Å²) in [6, 6.07) is 0. The molecular weight excluding hydrogens is 372 g/mol. The Labute approximate surface area is 184 Å². The first kappa shape index (κ1) is 22.8. The summed E-state index contributed by atoms with van der Waals surface area (Å²) in [4.78, 5) is 13.3. The van der Waals surface area contributed by atoms with Gasteiger partial charge in [-0.15, -0.1) is 0 Å². The van der Waals surface area contributed by atoms with E-state index in [-0.39, 0.29) is 12.2 Å². The van der Waals surface area contributed by atoms with Gasteiger partial charge in [0.25, 0.3) is 0 Å². The van der Waals surface area contributed by atoms with Crippen molar-refractivity contribution in [3.8, 4) is 0 Å². The van der Waals surface area contributed by atoms with Gasteiger partial charge < -0.3 is 5.11 Å². The molecule has 0 amide bonds. The Morgan fingerprint density at radius 2 is 1.73 bits per heavy atom. The standard InChI is InChI=1S/C27H45O3/c1-17(2)7-6-8-18(3)21-9-10-22-20-15-24(29)27(30)16-19(28)11-14-26(27,5)23(20)12-13-25(21,22)4/h17-23,30H,6-16H2,1-5H3/t18-,19+,20+,21-,22+,23+,25-,26-,27+/m1/s1. The lowest BCUT2D eigenvalue weighted by atomic mass is 9.42. The highest BCUT2D eigenvalue weighted by molar-refractivity contribution is 5.89. The van der Waals surface area contributed by atoms with Crippen molar-refractivity contribution in [1.82, 2.24) is 0 Å². The third-order valence-corrected chi connectivity index (χ3v) is 10.8. The lowest BCUT2D eigenvalue weighted by Gasteiger charge is -2.63. The van der Waals surface area contributed by atoms with Gasteiger partial charge in [0.15, 0.2) is 5.78 Å². The van der Waals surface area contributed by atoms with Crippen LogP contribution >= 0.6 is 0 Å². The van der Waals surface area contributed by atoms with E-state index in [1.807, 2.05) is 0 Å². The van der Waals surface area contributed by atoms with Crippen LogP contribution < -0.4 is 0 Å². The molecule has 4 aliphatic rings. The first-order valence-corrected chi connectivity index (χ1v) is 12.9. The fourth-order valence-electron chi connectivity index (χ4n) is 9.03. The van der Waals surface area contributed by atoms with E-state index in [4.69, 9.17) is 0 Å². The van der Waals surface area contributed by atoms with Crippen LogP contribution in [0.5, 0.6) is 0 Å². The van der Waals surface area contributed by atoms with Gasteiger partial charge in [-0.25, -0.2) is 5.11 Å². The Bertz CT molecular complexity index is 658. The normalized spacial score (nSPS) is 49.5. The molecule has 4 saturated carbocycles. The minimum absolute atomic E-state index is 0.00974. The van der Waals surface area contributed by atoms with Crippen LogP contribution in [0.4, 0.5) is 0 Å². The molecule has 0 aliphatic heterocycles. The van der Waals surface area contributed by atoms with E-state index < -0.39 is 17.1 Å². The van der Waals surface area contributed by atoms with Crippen molar-refractivity contribution < 1.29 is 15.0 Å². The maximum absolute atomic E-state index is 13.3. The second-order valence-corrected chi connectivity index (χ2v) is 12.7. The zero-order chi connectivity index (χ0) is 21.9. The largest absolute Gasteiger partial charge is 0.381 e. The van der Waals surface area contributed by atoms with Gasteiger partial charge in [-0.05, 0) is 79.4 Å². The maximum Gasteiger partial charge on any atom is 0.165 e. The molecular formula is C27H45O3. The van der Waals surface area contributed by atoms with Crippen LogP contribution in [0.3, 0.4) is 0 Å². The average Bonchev–Trinajstić information content (AvgIpc) is 3.01. The first-order valence-electron chi connectivity index (χ1n) is 12.9. The predicted octanol–water partition coefficient (Wildman–Crippen LogP) is 6.20. The number of hydrogen-bond acceptors (Lipinski definition) is 2. The van der Waals surface area contributed by atoms with E-state index in [1.165, 1.54) is 38.5 Å². The lowest BCUT2D eigenvalue weighted by Crippen LogP contribution is -2.67. The van der Waals surface area contributed by atoms with Crippen molar-refractivity contribution in [1.29, 1.82) is 0 Å². The van der Waals surface area contributed by atoms with E-state index in [2.05, 4.69) is 34.6 Å². The number of hydrogen-bond donors (Lipinski definition) is 1. The van der Waals surface area contributed by atoms with E-state index in [0.29, 0.717) is 36.0 Å². The molecule has 0 spiro atoms. The SMILES string of the molecule is CC(C)CCC[C@@H](C)[C@H]1CC[C@H]2[C@@H]3CC(=O)[C@@]4(O)C[C@@H]([O])CC[C@]4(C)[C@H]3CC[C@]12C. The molecule has 4 rings (SSSR count). The number of fused-ring (bicyclic) bond motifs is 5. The first-order chi connectivity index (χ1) is 14.0. The van der Waals surface area contributed by atoms with Crippen LogP contribution in [0, 0.1) is 46.3 Å². The quantitative estimate of drug-likeness (QED) is 0.579. The molecule has 0 aromatic rings. The van der Waals surface area contributed by atoms with Crippen molar-refractivity contribution >= 4 is 5.78 Å². The maximum atomic E-state index is 13.3. The van der Waals surface area contributed by atoms with Crippen LogP contribution in [-0.2, 0) is 9.90 Å². The summed E-state index contributed by atoms with van der Waals surface area (Å²) in [6.45, 7) is 11.8. The Balaban J connectivity index is 1.54. The third kappa shape index (κ3) is 3.33. The highest BCUT2D eigenvalue weighted by Crippen LogP contribution is 2.68. The summed E-state index contributed by atoms with van der Waals surface area (Å²) in [5.41, 5.74) is -1.41. The number of aliphatic hydroxyl groups is 1. The number of rotatable bonds is 5. The summed E-state index contributed by atoms with van der Waals surface area (Å²) < 4.78 is 0. The Morgan fingerprint density at radius 1 is 1.00 bits per heavy atom. The van der Waals surface area contributed by atoms with Crippen LogP contribution in [0.25, 0.3) is 0 Å². The highest BCUT2D eigenvalue weighted by atomic mass is 16.3. The fourth-order valence-corrected chi connectivity index (χ4v) is 9.03. The molecule has 30 heavy (non-hydrogen) atoms. The predicted molar refractivity (Wildman–Crippen MR) is 119 cm³/mol. The summed E-state index contributed by atoms with van der Waals surface area (Å²) >= 11 is 0. The minimum Gasteiger partial charge on any atom is -0.381 e. The van der Waals surface area contributed by atoms with Crippen LogP contribution in [0.15, 0.2) is 0 Å². The van der Waals surface area contributed by atoms with Crippen molar-refractivity contribution in [3.05, 3.63) is 0 Å². The minimum atomic E-state index is -1.37. The van der Waals surface area contributed by atoms with Crippen molar-refractivity contribution in [3.63, 3.8) is 0 Å². The molecule has 4 fully saturated rings. The van der Waals surface area contributed by atoms with Gasteiger partial charge in [-0.3, -0.25) is 4.79 Å². The lowest BCUT2D eigenvalue weighted by molar-refractivity contribution is -0.217. The average molecular weight is 418 g/mol. The van der Waals surface area contributed by atoms with Gasteiger partial charge in [0.2, 0.25) is 0 Å². The van der Waals surface area contributed by atoms with E-state index in [1.54, 1.807) is 0 Å². The molecule has 0 bridgehead atoms. The Hall–Kier alpha value is -0.410. The summed E-state index contributed by atoms with van der Waals surface area (Å²) in [5, 5.41) is 23.7. The molecule has 0 saturated heterocycles. The van der Waals surface area contributed by atoms with Crippen molar-refractivity contribution in [2.75, 3.05) is 0 Å². The molecule has 171 valence electrons. The van der Waals surface area contributed by atoms with E-state index in [0.717, 1.165) is 30.6 Å². The Kier molecular flexibility index (Phi) is 5.97. The van der Waals surface area contributed by atoms with Gasteiger partial charge in [0, 0.05) is 18.3 Å². The van der Waals surface area contributed by atoms with Crippen LogP contribution in [0.2, 0.25) is 0 Å². The molecule has 9 atom stereocenters. The molecule has 3 heteroatoms. The molecule has 0 aromatic heterocycles. The van der Waals surface area contributed by atoms with Gasteiger partial charge in [0.05, 0.1) is 6.10 Å². The number of carbonyl (C=O) groups is 1. The highest BCUT2D eigenvalue weighted by Gasteiger charge is 2.67. The molecule has 3 nitrogen and oxygen atoms in total. The molecule has 0 aromatic carbocycles. The second-order valence-electron chi connectivity index (χ2n) is 12.7. The second kappa shape index (κ2) is 7.87. The van der Waals surface area contributed by atoms with Gasteiger partial charge >= 0.3 is 0 Å².